The second-order valence-corrected chi connectivity index (χ2v) is 7.69. The number of amides is 2. The van der Waals surface area contributed by atoms with Crippen LogP contribution >= 0.6 is 0 Å². The minimum absolute atomic E-state index is 0.0701. The number of para-hydroxylation sites is 2. The standard InChI is InChI=1S/C19H26N2O5/c1-19(2,3)26-18(23)20-10-13-8-9-21(11-13)17(22)16-12-24-14-6-4-5-7-15(14)25-16/h4-7,13,16H,8-12H2,1-3H3,(H,20,23)/t13-,16+/m0/s1. The summed E-state index contributed by atoms with van der Waals surface area (Å²) in [5.41, 5.74) is -0.517. The first-order valence-electron chi connectivity index (χ1n) is 8.96. The van der Waals surface area contributed by atoms with Crippen LogP contribution in [-0.2, 0) is 9.53 Å². The molecule has 0 spiro atoms. The Balaban J connectivity index is 1.47. The largest absolute Gasteiger partial charge is 0.485 e. The summed E-state index contributed by atoms with van der Waals surface area (Å²) in [5, 5.41) is 2.78. The van der Waals surface area contributed by atoms with Gasteiger partial charge in [-0.3, -0.25) is 4.79 Å². The monoisotopic (exact) mass is 362 g/mol. The molecule has 142 valence electrons. The summed E-state index contributed by atoms with van der Waals surface area (Å²) in [7, 11) is 0. The zero-order valence-electron chi connectivity index (χ0n) is 15.5. The summed E-state index contributed by atoms with van der Waals surface area (Å²) in [6.45, 7) is 7.43. The lowest BCUT2D eigenvalue weighted by Crippen LogP contribution is -2.45. The van der Waals surface area contributed by atoms with Crippen molar-refractivity contribution in [1.82, 2.24) is 10.2 Å². The maximum atomic E-state index is 12.7. The fraction of sp³-hybridized carbons (Fsp3) is 0.579. The van der Waals surface area contributed by atoms with Crippen LogP contribution in [0.3, 0.4) is 0 Å². The van der Waals surface area contributed by atoms with E-state index < -0.39 is 17.8 Å². The second kappa shape index (κ2) is 7.43. The number of carbonyl (C=O) groups is 2. The molecule has 1 aromatic rings. The number of rotatable bonds is 3. The second-order valence-electron chi connectivity index (χ2n) is 7.69. The number of hydrogen-bond donors (Lipinski definition) is 1. The van der Waals surface area contributed by atoms with Gasteiger partial charge in [0.2, 0.25) is 6.10 Å². The van der Waals surface area contributed by atoms with Crippen LogP contribution in [0.1, 0.15) is 27.2 Å². The first kappa shape index (κ1) is 18.4. The fourth-order valence-corrected chi connectivity index (χ4v) is 3.09. The summed E-state index contributed by atoms with van der Waals surface area (Å²) in [6.07, 6.45) is -0.212. The highest BCUT2D eigenvalue weighted by Gasteiger charge is 2.35. The van der Waals surface area contributed by atoms with Gasteiger partial charge in [-0.1, -0.05) is 12.1 Å². The third-order valence-electron chi connectivity index (χ3n) is 4.32. The van der Waals surface area contributed by atoms with Crippen LogP contribution in [0.2, 0.25) is 0 Å². The van der Waals surface area contributed by atoms with Gasteiger partial charge in [-0.15, -0.1) is 0 Å². The van der Waals surface area contributed by atoms with Crippen molar-refractivity contribution in [3.63, 3.8) is 0 Å². The average molecular weight is 362 g/mol. The van der Waals surface area contributed by atoms with Crippen LogP contribution in [0, 0.1) is 5.92 Å². The zero-order valence-corrected chi connectivity index (χ0v) is 15.5. The first-order chi connectivity index (χ1) is 12.3. The topological polar surface area (TPSA) is 77.1 Å². The third kappa shape index (κ3) is 4.59. The molecular weight excluding hydrogens is 336 g/mol. The van der Waals surface area contributed by atoms with Gasteiger partial charge in [-0.2, -0.15) is 0 Å². The molecule has 1 fully saturated rings. The van der Waals surface area contributed by atoms with Crippen molar-refractivity contribution in [2.24, 2.45) is 5.92 Å². The molecule has 7 nitrogen and oxygen atoms in total. The third-order valence-corrected chi connectivity index (χ3v) is 4.32. The van der Waals surface area contributed by atoms with Gasteiger partial charge in [0.1, 0.15) is 12.2 Å². The summed E-state index contributed by atoms with van der Waals surface area (Å²) >= 11 is 0. The maximum Gasteiger partial charge on any atom is 0.407 e. The SMILES string of the molecule is CC(C)(C)OC(=O)NC[C@@H]1CCN(C(=O)[C@H]2COc3ccccc3O2)C1. The van der Waals surface area contributed by atoms with E-state index in [1.807, 2.05) is 39.0 Å². The number of ether oxygens (including phenoxy) is 3. The maximum absolute atomic E-state index is 12.7. The normalized spacial score (nSPS) is 22.0. The van der Waals surface area contributed by atoms with Crippen molar-refractivity contribution in [2.45, 2.75) is 38.9 Å². The number of likely N-dealkylation sites (tertiary alicyclic amines) is 1. The Bertz CT molecular complexity index is 670. The smallest absolute Gasteiger partial charge is 0.407 e. The molecule has 1 aromatic carbocycles. The average Bonchev–Trinajstić information content (AvgIpc) is 3.06. The number of hydrogen-bond acceptors (Lipinski definition) is 5. The van der Waals surface area contributed by atoms with Gasteiger partial charge in [0, 0.05) is 19.6 Å². The van der Waals surface area contributed by atoms with E-state index in [1.165, 1.54) is 0 Å². The van der Waals surface area contributed by atoms with Gasteiger partial charge in [-0.25, -0.2) is 4.79 Å². The lowest BCUT2D eigenvalue weighted by atomic mass is 10.1. The van der Waals surface area contributed by atoms with E-state index >= 15 is 0 Å². The molecule has 26 heavy (non-hydrogen) atoms. The molecule has 1 N–H and O–H groups in total. The predicted molar refractivity (Wildman–Crippen MR) is 95.3 cm³/mol. The van der Waals surface area contributed by atoms with Gasteiger partial charge in [0.05, 0.1) is 0 Å². The molecule has 0 aliphatic carbocycles. The highest BCUT2D eigenvalue weighted by atomic mass is 16.6. The summed E-state index contributed by atoms with van der Waals surface area (Å²) in [4.78, 5) is 26.2. The van der Waals surface area contributed by atoms with E-state index in [2.05, 4.69) is 5.32 Å². The number of nitrogens with one attached hydrogen (secondary N) is 1. The number of carbonyl (C=O) groups excluding carboxylic acids is 2. The van der Waals surface area contributed by atoms with Gasteiger partial charge >= 0.3 is 6.09 Å². The first-order valence-corrected chi connectivity index (χ1v) is 8.96. The molecule has 0 radical (unpaired) electrons. The summed E-state index contributed by atoms with van der Waals surface area (Å²) < 4.78 is 16.6. The summed E-state index contributed by atoms with van der Waals surface area (Å²) in [5.74, 6) is 1.40. The predicted octanol–water partition coefficient (Wildman–Crippen LogP) is 2.20. The van der Waals surface area contributed by atoms with Gasteiger partial charge in [0.25, 0.3) is 5.91 Å². The highest BCUT2D eigenvalue weighted by Crippen LogP contribution is 2.31. The Kier molecular flexibility index (Phi) is 5.25. The van der Waals surface area contributed by atoms with E-state index in [0.717, 1.165) is 6.42 Å². The van der Waals surface area contributed by atoms with E-state index in [0.29, 0.717) is 31.1 Å². The molecule has 7 heteroatoms. The fourth-order valence-electron chi connectivity index (χ4n) is 3.09. The molecule has 1 saturated heterocycles. The highest BCUT2D eigenvalue weighted by molar-refractivity contribution is 5.82. The molecular formula is C19H26N2O5. The van der Waals surface area contributed by atoms with Gasteiger partial charge in [-0.05, 0) is 45.2 Å². The molecule has 2 atom stereocenters. The number of benzene rings is 1. The van der Waals surface area contributed by atoms with Crippen LogP contribution in [0.5, 0.6) is 11.5 Å². The van der Waals surface area contributed by atoms with E-state index in [-0.39, 0.29) is 18.4 Å². The zero-order chi connectivity index (χ0) is 18.7. The van der Waals surface area contributed by atoms with Gasteiger partial charge < -0.3 is 24.4 Å². The Hall–Kier alpha value is -2.44. The molecule has 2 aliphatic rings. The molecule has 3 rings (SSSR count). The van der Waals surface area contributed by atoms with Crippen LogP contribution in [0.15, 0.2) is 24.3 Å². The van der Waals surface area contributed by atoms with Crippen LogP contribution in [-0.4, -0.2) is 54.8 Å². The Labute approximate surface area is 153 Å². The van der Waals surface area contributed by atoms with Crippen molar-refractivity contribution in [3.8, 4) is 11.5 Å². The molecule has 2 heterocycles. The number of alkyl carbamates (subject to hydrolysis) is 1. The Morgan fingerprint density at radius 3 is 2.73 bits per heavy atom. The van der Waals surface area contributed by atoms with Crippen molar-refractivity contribution in [1.29, 1.82) is 0 Å². The number of nitrogens with zero attached hydrogens (tertiary/aromatic N) is 1. The van der Waals surface area contributed by atoms with E-state index in [9.17, 15) is 9.59 Å². The van der Waals surface area contributed by atoms with E-state index in [4.69, 9.17) is 14.2 Å². The summed E-state index contributed by atoms with van der Waals surface area (Å²) in [6, 6.07) is 7.34. The van der Waals surface area contributed by atoms with Crippen molar-refractivity contribution in [2.75, 3.05) is 26.2 Å². The molecule has 2 aliphatic heterocycles. The van der Waals surface area contributed by atoms with Gasteiger partial charge in [0.15, 0.2) is 11.5 Å². The molecule has 0 bridgehead atoms. The molecule has 2 amide bonds. The van der Waals surface area contributed by atoms with Crippen LogP contribution in [0.4, 0.5) is 4.79 Å². The Morgan fingerprint density at radius 2 is 2.00 bits per heavy atom. The molecule has 0 aromatic heterocycles. The van der Waals surface area contributed by atoms with Crippen molar-refractivity contribution in [3.05, 3.63) is 24.3 Å². The van der Waals surface area contributed by atoms with Crippen molar-refractivity contribution < 1.29 is 23.8 Å². The minimum Gasteiger partial charge on any atom is -0.485 e. The Morgan fingerprint density at radius 1 is 1.27 bits per heavy atom. The van der Waals surface area contributed by atoms with Crippen molar-refractivity contribution >= 4 is 12.0 Å². The van der Waals surface area contributed by atoms with Crippen LogP contribution < -0.4 is 14.8 Å². The number of fused-ring (bicyclic) bond motifs is 1. The molecule has 0 saturated carbocycles. The lowest BCUT2D eigenvalue weighted by Gasteiger charge is -2.28. The van der Waals surface area contributed by atoms with Crippen LogP contribution in [0.25, 0.3) is 0 Å². The molecule has 0 unspecified atom stereocenters. The minimum atomic E-state index is -0.623. The van der Waals surface area contributed by atoms with E-state index in [1.54, 1.807) is 11.0 Å². The lowest BCUT2D eigenvalue weighted by molar-refractivity contribution is -0.140. The quantitative estimate of drug-likeness (QED) is 0.892.